The average Bonchev–Trinajstić information content (AvgIpc) is 3.21. The maximum absolute atomic E-state index is 13.3. The molecule has 2 aromatic carbocycles. The van der Waals surface area contributed by atoms with Gasteiger partial charge in [0.15, 0.2) is 28.8 Å². The molecule has 160 valence electrons. The summed E-state index contributed by atoms with van der Waals surface area (Å²) >= 11 is 0. The average molecular weight is 414 g/mol. The third-order valence-electron chi connectivity index (χ3n) is 6.17. The van der Waals surface area contributed by atoms with Crippen LogP contribution in [0.2, 0.25) is 0 Å². The van der Waals surface area contributed by atoms with Gasteiger partial charge >= 0.3 is 0 Å². The summed E-state index contributed by atoms with van der Waals surface area (Å²) in [6.45, 7) is 1.10. The van der Waals surface area contributed by atoms with Crippen LogP contribution in [0.25, 0.3) is 0 Å². The van der Waals surface area contributed by atoms with Gasteiger partial charge in [-0.3, -0.25) is 4.79 Å². The number of Topliss-reactive ketones (excluding diaryl/α,β-unsaturated/α-hetero) is 1. The highest BCUT2D eigenvalue weighted by Crippen LogP contribution is 2.51. The van der Waals surface area contributed by atoms with Crippen LogP contribution in [-0.4, -0.2) is 59.0 Å². The van der Waals surface area contributed by atoms with Crippen molar-refractivity contribution in [3.05, 3.63) is 41.0 Å². The molecule has 0 radical (unpaired) electrons. The van der Waals surface area contributed by atoms with Crippen LogP contribution in [-0.2, 0) is 6.42 Å². The fourth-order valence-corrected chi connectivity index (χ4v) is 4.42. The monoisotopic (exact) mass is 414 g/mol. The van der Waals surface area contributed by atoms with E-state index in [4.69, 9.17) is 23.7 Å². The number of hydrogen-bond donors (Lipinski definition) is 0. The Balaban J connectivity index is 1.73. The minimum absolute atomic E-state index is 0.0414. The lowest BCUT2D eigenvalue weighted by Gasteiger charge is -2.43. The quantitative estimate of drug-likeness (QED) is 0.533. The van der Waals surface area contributed by atoms with E-state index in [-0.39, 0.29) is 18.6 Å². The van der Waals surface area contributed by atoms with E-state index in [1.54, 1.807) is 39.5 Å². The van der Waals surface area contributed by atoms with Gasteiger partial charge in [0.05, 0.1) is 54.0 Å². The summed E-state index contributed by atoms with van der Waals surface area (Å²) in [7, 11) is 9.09. The number of quaternary nitrogens is 1. The van der Waals surface area contributed by atoms with Crippen LogP contribution in [0.3, 0.4) is 0 Å². The topological polar surface area (TPSA) is 63.2 Å². The normalized spacial score (nSPS) is 18.5. The van der Waals surface area contributed by atoms with Gasteiger partial charge in [-0.15, -0.1) is 0 Å². The summed E-state index contributed by atoms with van der Waals surface area (Å²) in [4.78, 5) is 13.3. The van der Waals surface area contributed by atoms with Gasteiger partial charge in [-0.05, 0) is 29.8 Å². The standard InChI is InChI=1S/C23H28NO6/c1-24(2)9-8-15-11-20-22(30-13-29-20)23(28-5)21(15)16(24)12-17(25)14-6-7-18(26-3)19(10-14)27-4/h6-7,10-11,16H,8-9,12-13H2,1-5H3/q+1. The molecule has 7 nitrogen and oxygen atoms in total. The molecule has 0 amide bonds. The van der Waals surface area contributed by atoms with Crippen LogP contribution >= 0.6 is 0 Å². The molecular weight excluding hydrogens is 386 g/mol. The van der Waals surface area contributed by atoms with Crippen molar-refractivity contribution in [3.63, 3.8) is 0 Å². The fraction of sp³-hybridized carbons (Fsp3) is 0.435. The Labute approximate surface area is 176 Å². The van der Waals surface area contributed by atoms with Gasteiger partial charge in [0, 0.05) is 12.0 Å². The lowest BCUT2D eigenvalue weighted by molar-refractivity contribution is -0.922. The van der Waals surface area contributed by atoms with Gasteiger partial charge in [0.2, 0.25) is 12.5 Å². The number of carbonyl (C=O) groups is 1. The van der Waals surface area contributed by atoms with E-state index in [9.17, 15) is 4.79 Å². The lowest BCUT2D eigenvalue weighted by Crippen LogP contribution is -2.48. The van der Waals surface area contributed by atoms with Crippen molar-refractivity contribution < 1.29 is 33.0 Å². The zero-order valence-electron chi connectivity index (χ0n) is 18.1. The minimum atomic E-state index is -0.0706. The summed E-state index contributed by atoms with van der Waals surface area (Å²) in [6.07, 6.45) is 1.22. The van der Waals surface area contributed by atoms with E-state index < -0.39 is 0 Å². The number of rotatable bonds is 6. The van der Waals surface area contributed by atoms with Crippen molar-refractivity contribution in [2.24, 2.45) is 0 Å². The number of ether oxygens (including phenoxy) is 5. The Hall–Kier alpha value is -2.93. The predicted molar refractivity (Wildman–Crippen MR) is 111 cm³/mol. The SMILES string of the molecule is COc1ccc(C(=O)CC2c3c(cc4c(c3OC)OCO4)CC[N+]2(C)C)cc1OC. The van der Waals surface area contributed by atoms with Crippen molar-refractivity contribution in [2.75, 3.05) is 48.8 Å². The first-order chi connectivity index (χ1) is 14.4. The molecule has 2 aromatic rings. The summed E-state index contributed by atoms with van der Waals surface area (Å²) in [5, 5.41) is 0. The Bertz CT molecular complexity index is 984. The second kappa shape index (κ2) is 7.72. The van der Waals surface area contributed by atoms with Crippen LogP contribution in [0.15, 0.2) is 24.3 Å². The molecule has 0 bridgehead atoms. The Kier molecular flexibility index (Phi) is 5.24. The van der Waals surface area contributed by atoms with Gasteiger partial charge in [0.25, 0.3) is 0 Å². The van der Waals surface area contributed by atoms with E-state index in [0.717, 1.165) is 24.1 Å². The molecule has 1 atom stereocenters. The molecule has 2 aliphatic rings. The first-order valence-electron chi connectivity index (χ1n) is 9.97. The zero-order chi connectivity index (χ0) is 21.5. The van der Waals surface area contributed by atoms with E-state index in [1.165, 1.54) is 0 Å². The molecule has 0 aliphatic carbocycles. The first kappa shape index (κ1) is 20.3. The van der Waals surface area contributed by atoms with Gasteiger partial charge in [-0.1, -0.05) is 0 Å². The Morgan fingerprint density at radius 2 is 1.83 bits per heavy atom. The molecule has 1 unspecified atom stereocenters. The second-order valence-corrected chi connectivity index (χ2v) is 8.18. The van der Waals surface area contributed by atoms with Gasteiger partial charge < -0.3 is 28.2 Å². The number of ketones is 1. The van der Waals surface area contributed by atoms with Crippen molar-refractivity contribution in [3.8, 4) is 28.7 Å². The van der Waals surface area contributed by atoms with Crippen LogP contribution in [0.5, 0.6) is 28.7 Å². The maximum atomic E-state index is 13.3. The number of hydrogen-bond acceptors (Lipinski definition) is 6. The molecule has 2 heterocycles. The van der Waals surface area contributed by atoms with Crippen molar-refractivity contribution >= 4 is 5.78 Å². The highest BCUT2D eigenvalue weighted by Gasteiger charge is 2.42. The molecule has 0 fully saturated rings. The number of methoxy groups -OCH3 is 3. The summed E-state index contributed by atoms with van der Waals surface area (Å²) in [5.74, 6) is 3.20. The van der Waals surface area contributed by atoms with Crippen LogP contribution in [0.1, 0.15) is 33.9 Å². The molecule has 4 rings (SSSR count). The Morgan fingerprint density at radius 3 is 2.53 bits per heavy atom. The molecule has 0 aromatic heterocycles. The van der Waals surface area contributed by atoms with Gasteiger partial charge in [0.1, 0.15) is 6.04 Å². The predicted octanol–water partition coefficient (Wildman–Crippen LogP) is 3.39. The number of nitrogens with zero attached hydrogens (tertiary/aromatic N) is 1. The third kappa shape index (κ3) is 3.33. The van der Waals surface area contributed by atoms with E-state index in [0.29, 0.717) is 45.2 Å². The van der Waals surface area contributed by atoms with Gasteiger partial charge in [-0.2, -0.15) is 0 Å². The van der Waals surface area contributed by atoms with Crippen molar-refractivity contribution in [1.29, 1.82) is 0 Å². The fourth-order valence-electron chi connectivity index (χ4n) is 4.42. The lowest BCUT2D eigenvalue weighted by atomic mass is 9.86. The molecular formula is C23H28NO6+. The first-order valence-corrected chi connectivity index (χ1v) is 9.97. The maximum Gasteiger partial charge on any atom is 0.231 e. The van der Waals surface area contributed by atoms with Crippen molar-refractivity contribution in [1.82, 2.24) is 0 Å². The highest BCUT2D eigenvalue weighted by atomic mass is 16.7. The molecule has 0 saturated heterocycles. The van der Waals surface area contributed by atoms with Gasteiger partial charge in [-0.25, -0.2) is 0 Å². The van der Waals surface area contributed by atoms with Crippen molar-refractivity contribution in [2.45, 2.75) is 18.9 Å². The zero-order valence-corrected chi connectivity index (χ0v) is 18.1. The molecule has 7 heteroatoms. The second-order valence-electron chi connectivity index (χ2n) is 8.18. The number of likely N-dealkylation sites (N-methyl/N-ethyl adjacent to an activating group) is 1. The van der Waals surface area contributed by atoms with E-state index >= 15 is 0 Å². The largest absolute Gasteiger partial charge is 0.493 e. The number of fused-ring (bicyclic) bond motifs is 2. The highest BCUT2D eigenvalue weighted by molar-refractivity contribution is 5.97. The summed E-state index contributed by atoms with van der Waals surface area (Å²) < 4.78 is 28.4. The van der Waals surface area contributed by atoms with Crippen LogP contribution in [0.4, 0.5) is 0 Å². The molecule has 0 spiro atoms. The Morgan fingerprint density at radius 1 is 1.07 bits per heavy atom. The summed E-state index contributed by atoms with van der Waals surface area (Å²) in [5.41, 5.74) is 2.78. The molecule has 0 N–H and O–H groups in total. The van der Waals surface area contributed by atoms with E-state index in [1.807, 2.05) is 6.07 Å². The number of benzene rings is 2. The summed E-state index contributed by atoms with van der Waals surface area (Å²) in [6, 6.07) is 7.25. The van der Waals surface area contributed by atoms with Crippen LogP contribution in [0, 0.1) is 0 Å². The molecule has 2 aliphatic heterocycles. The van der Waals surface area contributed by atoms with E-state index in [2.05, 4.69) is 14.1 Å². The third-order valence-corrected chi connectivity index (χ3v) is 6.17. The minimum Gasteiger partial charge on any atom is -0.493 e. The molecule has 0 saturated carbocycles. The van der Waals surface area contributed by atoms with Crippen LogP contribution < -0.4 is 23.7 Å². The smallest absolute Gasteiger partial charge is 0.231 e. The number of carbonyl (C=O) groups excluding carboxylic acids is 1. The molecule has 30 heavy (non-hydrogen) atoms.